The molecule has 0 saturated heterocycles. The van der Waals surface area contributed by atoms with Gasteiger partial charge in [0.2, 0.25) is 5.91 Å². The van der Waals surface area contributed by atoms with Gasteiger partial charge in [-0.3, -0.25) is 4.79 Å². The Balaban J connectivity index is 1.38. The summed E-state index contributed by atoms with van der Waals surface area (Å²) in [5.74, 6) is 0.919. The van der Waals surface area contributed by atoms with E-state index in [9.17, 15) is 9.90 Å². The van der Waals surface area contributed by atoms with Crippen LogP contribution in [0.25, 0.3) is 0 Å². The van der Waals surface area contributed by atoms with E-state index in [2.05, 4.69) is 41.5 Å². The van der Waals surface area contributed by atoms with Crippen LogP contribution in [0.4, 0.5) is 0 Å². The fourth-order valence-corrected chi connectivity index (χ4v) is 3.66. The predicted octanol–water partition coefficient (Wildman–Crippen LogP) is 2.17. The lowest BCUT2D eigenvalue weighted by molar-refractivity contribution is -0.123. The Morgan fingerprint density at radius 3 is 2.61 bits per heavy atom. The number of carbonyl (C=O) groups is 1. The van der Waals surface area contributed by atoms with Gasteiger partial charge in [0.15, 0.2) is 0 Å². The van der Waals surface area contributed by atoms with Crippen LogP contribution in [-0.2, 0) is 11.3 Å². The van der Waals surface area contributed by atoms with E-state index in [0.717, 1.165) is 45.2 Å². The van der Waals surface area contributed by atoms with Gasteiger partial charge in [-0.05, 0) is 50.6 Å². The molecule has 2 aliphatic carbocycles. The second kappa shape index (κ2) is 7.45. The number of nitrogens with one attached hydrogen (secondary N) is 1. The average Bonchev–Trinajstić information content (AvgIpc) is 3.29. The molecule has 0 bridgehead atoms. The molecule has 23 heavy (non-hydrogen) atoms. The minimum atomic E-state index is -0.163. The molecule has 1 aromatic carbocycles. The summed E-state index contributed by atoms with van der Waals surface area (Å²) in [4.78, 5) is 14.6. The van der Waals surface area contributed by atoms with E-state index in [1.165, 1.54) is 5.56 Å². The molecule has 2 aliphatic rings. The van der Waals surface area contributed by atoms with E-state index in [1.54, 1.807) is 0 Å². The number of hydrogen-bond acceptors (Lipinski definition) is 3. The normalized spacial score (nSPS) is 30.2. The number of nitrogens with zero attached hydrogens (tertiary/aromatic N) is 1. The zero-order valence-corrected chi connectivity index (χ0v) is 13.9. The van der Waals surface area contributed by atoms with Crippen molar-refractivity contribution in [2.24, 2.45) is 11.8 Å². The highest BCUT2D eigenvalue weighted by Crippen LogP contribution is 2.39. The molecule has 3 rings (SSSR count). The van der Waals surface area contributed by atoms with Gasteiger partial charge in [0.05, 0.1) is 6.10 Å². The molecule has 0 radical (unpaired) electrons. The van der Waals surface area contributed by atoms with Crippen molar-refractivity contribution in [3.8, 4) is 0 Å². The van der Waals surface area contributed by atoms with E-state index in [4.69, 9.17) is 0 Å². The van der Waals surface area contributed by atoms with Gasteiger partial charge in [0, 0.05) is 25.0 Å². The molecule has 2 saturated carbocycles. The Morgan fingerprint density at radius 2 is 1.91 bits per heavy atom. The Bertz CT molecular complexity index is 511. The van der Waals surface area contributed by atoms with Gasteiger partial charge in [-0.25, -0.2) is 0 Å². The largest absolute Gasteiger partial charge is 0.393 e. The van der Waals surface area contributed by atoms with Crippen LogP contribution in [-0.4, -0.2) is 41.7 Å². The van der Waals surface area contributed by atoms with Gasteiger partial charge in [0.25, 0.3) is 0 Å². The molecule has 2 fully saturated rings. The summed E-state index contributed by atoms with van der Waals surface area (Å²) in [5, 5.41) is 12.7. The smallest absolute Gasteiger partial charge is 0.223 e. The summed E-state index contributed by atoms with van der Waals surface area (Å²) in [6.45, 7) is 1.92. The van der Waals surface area contributed by atoms with Crippen molar-refractivity contribution in [3.63, 3.8) is 0 Å². The lowest BCUT2D eigenvalue weighted by atomic mass is 9.93. The summed E-state index contributed by atoms with van der Waals surface area (Å²) in [5.41, 5.74) is 1.32. The summed E-state index contributed by atoms with van der Waals surface area (Å²) in [7, 11) is 2.13. The molecule has 1 amide bonds. The maximum atomic E-state index is 12.3. The van der Waals surface area contributed by atoms with Gasteiger partial charge >= 0.3 is 0 Å². The van der Waals surface area contributed by atoms with Crippen LogP contribution in [0.3, 0.4) is 0 Å². The molecule has 4 nitrogen and oxygen atoms in total. The van der Waals surface area contributed by atoms with Crippen molar-refractivity contribution in [1.82, 2.24) is 10.2 Å². The van der Waals surface area contributed by atoms with Crippen LogP contribution in [0.1, 0.15) is 37.7 Å². The van der Waals surface area contributed by atoms with E-state index >= 15 is 0 Å². The summed E-state index contributed by atoms with van der Waals surface area (Å²) < 4.78 is 0. The van der Waals surface area contributed by atoms with Gasteiger partial charge in [-0.2, -0.15) is 0 Å². The Hall–Kier alpha value is -1.39. The second-order valence-corrected chi connectivity index (χ2v) is 7.30. The van der Waals surface area contributed by atoms with E-state index in [0.29, 0.717) is 5.92 Å². The fraction of sp³-hybridized carbons (Fsp3) is 0.632. The third kappa shape index (κ3) is 4.79. The first-order valence-corrected chi connectivity index (χ1v) is 8.82. The maximum Gasteiger partial charge on any atom is 0.223 e. The Morgan fingerprint density at radius 1 is 1.22 bits per heavy atom. The highest BCUT2D eigenvalue weighted by molar-refractivity contribution is 5.81. The molecule has 126 valence electrons. The van der Waals surface area contributed by atoms with Crippen molar-refractivity contribution in [1.29, 1.82) is 0 Å². The van der Waals surface area contributed by atoms with Crippen LogP contribution >= 0.6 is 0 Å². The van der Waals surface area contributed by atoms with Crippen molar-refractivity contribution in [3.05, 3.63) is 35.9 Å². The first-order chi connectivity index (χ1) is 11.1. The molecule has 0 aromatic heterocycles. The molecule has 2 unspecified atom stereocenters. The van der Waals surface area contributed by atoms with Gasteiger partial charge < -0.3 is 15.3 Å². The number of amides is 1. The van der Waals surface area contributed by atoms with Gasteiger partial charge in [0.1, 0.15) is 0 Å². The van der Waals surface area contributed by atoms with Crippen LogP contribution < -0.4 is 5.32 Å². The molecule has 0 spiro atoms. The fourth-order valence-electron chi connectivity index (χ4n) is 3.66. The van der Waals surface area contributed by atoms with Crippen LogP contribution in [0.15, 0.2) is 30.3 Å². The summed E-state index contributed by atoms with van der Waals surface area (Å²) in [6.07, 6.45) is 4.32. The van der Waals surface area contributed by atoms with Gasteiger partial charge in [-0.1, -0.05) is 30.3 Å². The van der Waals surface area contributed by atoms with Crippen LogP contribution in [0.2, 0.25) is 0 Å². The monoisotopic (exact) mass is 316 g/mol. The zero-order chi connectivity index (χ0) is 16.2. The van der Waals surface area contributed by atoms with Crippen molar-refractivity contribution in [2.45, 2.75) is 50.8 Å². The van der Waals surface area contributed by atoms with Crippen molar-refractivity contribution in [2.75, 3.05) is 13.6 Å². The van der Waals surface area contributed by atoms with E-state index in [-0.39, 0.29) is 24.0 Å². The minimum absolute atomic E-state index is 0.163. The molecule has 2 N–H and O–H groups in total. The number of aliphatic hydroxyl groups excluding tert-OH is 1. The number of benzene rings is 1. The highest BCUT2D eigenvalue weighted by Gasteiger charge is 2.43. The number of carbonyl (C=O) groups excluding carboxylic acids is 1. The lowest BCUT2D eigenvalue weighted by Gasteiger charge is -2.26. The predicted molar refractivity (Wildman–Crippen MR) is 90.8 cm³/mol. The van der Waals surface area contributed by atoms with Gasteiger partial charge in [-0.15, -0.1) is 0 Å². The number of aliphatic hydroxyl groups is 1. The Kier molecular flexibility index (Phi) is 5.34. The average molecular weight is 316 g/mol. The van der Waals surface area contributed by atoms with E-state index < -0.39 is 0 Å². The van der Waals surface area contributed by atoms with E-state index in [1.807, 2.05) is 6.07 Å². The first-order valence-electron chi connectivity index (χ1n) is 8.82. The maximum absolute atomic E-state index is 12.3. The van der Waals surface area contributed by atoms with Crippen LogP contribution in [0, 0.1) is 11.8 Å². The summed E-state index contributed by atoms with van der Waals surface area (Å²) in [6, 6.07) is 10.7. The van der Waals surface area contributed by atoms with Crippen molar-refractivity contribution >= 4 is 5.91 Å². The minimum Gasteiger partial charge on any atom is -0.393 e. The molecular weight excluding hydrogens is 288 g/mol. The van der Waals surface area contributed by atoms with Crippen LogP contribution in [0.5, 0.6) is 0 Å². The highest BCUT2D eigenvalue weighted by atomic mass is 16.3. The topological polar surface area (TPSA) is 52.6 Å². The number of hydrogen-bond donors (Lipinski definition) is 2. The molecule has 1 aromatic rings. The molecule has 0 aliphatic heterocycles. The standard InChI is InChI=1S/C19H28N2O2/c1-21(12-14-5-3-2-4-6-14)13-15-11-18(15)19(23)20-16-7-9-17(22)10-8-16/h2-6,15-18,22H,7-13H2,1H3,(H,20,23). The lowest BCUT2D eigenvalue weighted by Crippen LogP contribution is -2.39. The molecular formula is C19H28N2O2. The zero-order valence-electron chi connectivity index (χ0n) is 13.9. The molecule has 4 heteroatoms. The Labute approximate surface area is 138 Å². The SMILES string of the molecule is CN(Cc1ccccc1)CC1CC1C(=O)NC1CCC(O)CC1. The first kappa shape index (κ1) is 16.5. The summed E-state index contributed by atoms with van der Waals surface area (Å²) >= 11 is 0. The molecule has 2 atom stereocenters. The molecule has 0 heterocycles. The quantitative estimate of drug-likeness (QED) is 0.846. The third-order valence-corrected chi connectivity index (χ3v) is 5.14. The van der Waals surface area contributed by atoms with Crippen molar-refractivity contribution < 1.29 is 9.90 Å². The third-order valence-electron chi connectivity index (χ3n) is 5.14. The second-order valence-electron chi connectivity index (χ2n) is 7.30. The number of rotatable bonds is 6.